The van der Waals surface area contributed by atoms with Gasteiger partial charge in [0.15, 0.2) is 0 Å². The number of aromatic nitrogens is 1. The van der Waals surface area contributed by atoms with E-state index in [0.717, 1.165) is 39.5 Å². The highest BCUT2D eigenvalue weighted by Crippen LogP contribution is 2.32. The van der Waals surface area contributed by atoms with Crippen LogP contribution < -0.4 is 5.32 Å². The first-order chi connectivity index (χ1) is 12.0. The summed E-state index contributed by atoms with van der Waals surface area (Å²) in [5.74, 6) is 0. The summed E-state index contributed by atoms with van der Waals surface area (Å²) in [6.45, 7) is 0. The molecule has 1 aromatic heterocycles. The zero-order chi connectivity index (χ0) is 17.4. The molecule has 0 radical (unpaired) electrons. The van der Waals surface area contributed by atoms with Crippen molar-refractivity contribution < 1.29 is 13.2 Å². The van der Waals surface area contributed by atoms with Crippen molar-refractivity contribution in [1.29, 1.82) is 0 Å². The number of pyridine rings is 1. The molecule has 0 fully saturated rings. The molecule has 0 saturated heterocycles. The first kappa shape index (κ1) is 15.4. The largest absolute Gasteiger partial charge is 0.416 e. The Morgan fingerprint density at radius 1 is 0.760 bits per heavy atom. The molecule has 0 aliphatic rings. The number of para-hydroxylation sites is 1. The second-order valence-electron chi connectivity index (χ2n) is 5.78. The van der Waals surface area contributed by atoms with Gasteiger partial charge in [-0.05, 0) is 41.8 Å². The molecule has 0 amide bonds. The average molecular weight is 338 g/mol. The minimum Gasteiger partial charge on any atom is -0.355 e. The van der Waals surface area contributed by atoms with Gasteiger partial charge in [-0.3, -0.25) is 4.98 Å². The number of hydrogen-bond acceptors (Lipinski definition) is 2. The van der Waals surface area contributed by atoms with Crippen LogP contribution >= 0.6 is 0 Å². The molecule has 5 heteroatoms. The number of anilines is 2. The van der Waals surface area contributed by atoms with Crippen LogP contribution in [0.25, 0.3) is 21.7 Å². The molecule has 0 aliphatic heterocycles. The fourth-order valence-corrected chi connectivity index (χ4v) is 2.87. The van der Waals surface area contributed by atoms with E-state index in [1.165, 1.54) is 6.07 Å². The Morgan fingerprint density at radius 3 is 2.40 bits per heavy atom. The Labute approximate surface area is 141 Å². The van der Waals surface area contributed by atoms with E-state index in [1.54, 1.807) is 12.3 Å². The Balaban J connectivity index is 1.76. The van der Waals surface area contributed by atoms with Gasteiger partial charge in [-0.2, -0.15) is 13.2 Å². The zero-order valence-electron chi connectivity index (χ0n) is 13.0. The molecule has 0 aliphatic carbocycles. The van der Waals surface area contributed by atoms with E-state index in [2.05, 4.69) is 10.3 Å². The summed E-state index contributed by atoms with van der Waals surface area (Å²) < 4.78 is 38.6. The highest BCUT2D eigenvalue weighted by atomic mass is 19.4. The molecule has 1 heterocycles. The molecule has 0 atom stereocenters. The standard InChI is InChI=1S/C20H13F3N2/c21-20(22,23)14-4-3-5-15(10-14)25-16-9-8-13-12-24-19-7-2-1-6-17(19)18(13)11-16/h1-12,25H. The molecular weight excluding hydrogens is 325 g/mol. The molecule has 25 heavy (non-hydrogen) atoms. The zero-order valence-corrected chi connectivity index (χ0v) is 13.0. The molecule has 0 unspecified atom stereocenters. The second-order valence-corrected chi connectivity index (χ2v) is 5.78. The Bertz CT molecular complexity index is 1070. The van der Waals surface area contributed by atoms with Gasteiger partial charge in [0.1, 0.15) is 0 Å². The summed E-state index contributed by atoms with van der Waals surface area (Å²) in [5, 5.41) is 6.04. The van der Waals surface area contributed by atoms with E-state index in [9.17, 15) is 13.2 Å². The van der Waals surface area contributed by atoms with Crippen LogP contribution in [0.4, 0.5) is 24.5 Å². The first-order valence-electron chi connectivity index (χ1n) is 7.72. The Morgan fingerprint density at radius 2 is 1.56 bits per heavy atom. The lowest BCUT2D eigenvalue weighted by Crippen LogP contribution is -2.05. The fraction of sp³-hybridized carbons (Fsp3) is 0.0500. The van der Waals surface area contributed by atoms with Gasteiger partial charge in [0.05, 0.1) is 11.1 Å². The van der Waals surface area contributed by atoms with Crippen molar-refractivity contribution in [2.45, 2.75) is 6.18 Å². The maximum absolute atomic E-state index is 12.9. The Hall–Kier alpha value is -3.08. The molecule has 0 saturated carbocycles. The monoisotopic (exact) mass is 338 g/mol. The SMILES string of the molecule is FC(F)(F)c1cccc(Nc2ccc3cnc4ccccc4c3c2)c1. The number of alkyl halides is 3. The summed E-state index contributed by atoms with van der Waals surface area (Å²) in [6.07, 6.45) is -2.56. The summed E-state index contributed by atoms with van der Waals surface area (Å²) in [6, 6.07) is 18.6. The summed E-state index contributed by atoms with van der Waals surface area (Å²) >= 11 is 0. The first-order valence-corrected chi connectivity index (χ1v) is 7.72. The number of hydrogen-bond donors (Lipinski definition) is 1. The van der Waals surface area contributed by atoms with Crippen LogP contribution in [0, 0.1) is 0 Å². The lowest BCUT2D eigenvalue weighted by atomic mass is 10.1. The van der Waals surface area contributed by atoms with Crippen LogP contribution in [0.1, 0.15) is 5.56 Å². The van der Waals surface area contributed by atoms with Crippen LogP contribution in [-0.4, -0.2) is 4.98 Å². The van der Waals surface area contributed by atoms with Crippen LogP contribution in [0.5, 0.6) is 0 Å². The predicted octanol–water partition coefficient (Wildman–Crippen LogP) is 6.15. The average Bonchev–Trinajstić information content (AvgIpc) is 2.61. The van der Waals surface area contributed by atoms with Crippen molar-refractivity contribution in [3.63, 3.8) is 0 Å². The van der Waals surface area contributed by atoms with E-state index in [-0.39, 0.29) is 0 Å². The van der Waals surface area contributed by atoms with E-state index in [4.69, 9.17) is 0 Å². The third-order valence-corrected chi connectivity index (χ3v) is 4.07. The second kappa shape index (κ2) is 5.77. The number of halogens is 3. The number of rotatable bonds is 2. The van der Waals surface area contributed by atoms with Crippen molar-refractivity contribution in [3.8, 4) is 0 Å². The third kappa shape index (κ3) is 3.01. The third-order valence-electron chi connectivity index (χ3n) is 4.07. The number of benzene rings is 3. The van der Waals surface area contributed by atoms with Gasteiger partial charge in [0.25, 0.3) is 0 Å². The van der Waals surface area contributed by atoms with E-state index in [0.29, 0.717) is 5.69 Å². The molecule has 1 N–H and O–H groups in total. The van der Waals surface area contributed by atoms with E-state index >= 15 is 0 Å². The number of nitrogens with zero attached hydrogens (tertiary/aromatic N) is 1. The van der Waals surface area contributed by atoms with Gasteiger partial charge in [0, 0.05) is 28.3 Å². The summed E-state index contributed by atoms with van der Waals surface area (Å²) in [5.41, 5.74) is 1.33. The van der Waals surface area contributed by atoms with Gasteiger partial charge in [-0.1, -0.05) is 30.3 Å². The molecule has 0 spiro atoms. The molecule has 124 valence electrons. The normalized spacial score (nSPS) is 11.8. The minimum atomic E-state index is -4.36. The highest BCUT2D eigenvalue weighted by molar-refractivity contribution is 6.06. The van der Waals surface area contributed by atoms with Gasteiger partial charge in [0.2, 0.25) is 0 Å². The van der Waals surface area contributed by atoms with E-state index in [1.807, 2.05) is 42.5 Å². The molecule has 0 bridgehead atoms. The van der Waals surface area contributed by atoms with Crippen LogP contribution in [0.15, 0.2) is 72.9 Å². The van der Waals surface area contributed by atoms with Crippen molar-refractivity contribution in [1.82, 2.24) is 4.98 Å². The lowest BCUT2D eigenvalue weighted by molar-refractivity contribution is -0.137. The molecular formula is C20H13F3N2. The molecule has 2 nitrogen and oxygen atoms in total. The predicted molar refractivity (Wildman–Crippen MR) is 94.0 cm³/mol. The minimum absolute atomic E-state index is 0.396. The Kier molecular flexibility index (Phi) is 3.57. The maximum Gasteiger partial charge on any atom is 0.416 e. The fourth-order valence-electron chi connectivity index (χ4n) is 2.87. The number of nitrogens with one attached hydrogen (secondary N) is 1. The molecule has 4 rings (SSSR count). The van der Waals surface area contributed by atoms with Gasteiger partial charge in [-0.15, -0.1) is 0 Å². The smallest absolute Gasteiger partial charge is 0.355 e. The van der Waals surface area contributed by atoms with Crippen molar-refractivity contribution in [3.05, 3.63) is 78.5 Å². The van der Waals surface area contributed by atoms with Gasteiger partial charge < -0.3 is 5.32 Å². The lowest BCUT2D eigenvalue weighted by Gasteiger charge is -2.12. The van der Waals surface area contributed by atoms with Crippen LogP contribution in [-0.2, 0) is 6.18 Å². The highest BCUT2D eigenvalue weighted by Gasteiger charge is 2.30. The van der Waals surface area contributed by atoms with Gasteiger partial charge in [-0.25, -0.2) is 0 Å². The van der Waals surface area contributed by atoms with E-state index < -0.39 is 11.7 Å². The summed E-state index contributed by atoms with van der Waals surface area (Å²) in [7, 11) is 0. The van der Waals surface area contributed by atoms with Crippen molar-refractivity contribution in [2.75, 3.05) is 5.32 Å². The quantitative estimate of drug-likeness (QED) is 0.443. The van der Waals surface area contributed by atoms with Crippen molar-refractivity contribution in [2.24, 2.45) is 0 Å². The van der Waals surface area contributed by atoms with Gasteiger partial charge >= 0.3 is 6.18 Å². The number of fused-ring (bicyclic) bond motifs is 3. The molecule has 4 aromatic rings. The maximum atomic E-state index is 12.9. The van der Waals surface area contributed by atoms with Crippen LogP contribution in [0.3, 0.4) is 0 Å². The van der Waals surface area contributed by atoms with Crippen LogP contribution in [0.2, 0.25) is 0 Å². The topological polar surface area (TPSA) is 24.9 Å². The molecule has 3 aromatic carbocycles. The van der Waals surface area contributed by atoms with Crippen molar-refractivity contribution >= 4 is 33.1 Å². The summed E-state index contributed by atoms with van der Waals surface area (Å²) in [4.78, 5) is 4.42.